The average molecular weight is 852 g/mol. The molecule has 16 N–H and O–H groups in total. The maximum atomic E-state index is 11.4. The summed E-state index contributed by atoms with van der Waals surface area (Å²) in [6, 6.07) is -1.66. The van der Waals surface area contributed by atoms with Crippen LogP contribution in [0.3, 0.4) is 0 Å². The average Bonchev–Trinajstić information content (AvgIpc) is 3.21. The van der Waals surface area contributed by atoms with Crippen molar-refractivity contribution in [2.75, 3.05) is 33.0 Å². The van der Waals surface area contributed by atoms with Crippen molar-refractivity contribution >= 4 is 0 Å². The lowest BCUT2D eigenvalue weighted by Crippen LogP contribution is -2.69. The zero-order valence-electron chi connectivity index (χ0n) is 31.2. The minimum absolute atomic E-state index is 0.0882. The summed E-state index contributed by atoms with van der Waals surface area (Å²) >= 11 is 0. The Labute approximate surface area is 330 Å². The molecule has 0 saturated carbocycles. The van der Waals surface area contributed by atoms with Crippen molar-refractivity contribution in [1.29, 1.82) is 0 Å². The lowest BCUT2D eigenvalue weighted by molar-refractivity contribution is -0.389. The first-order chi connectivity index (χ1) is 27.5. The van der Waals surface area contributed by atoms with Crippen molar-refractivity contribution in [1.82, 2.24) is 0 Å². The van der Waals surface area contributed by atoms with Crippen molar-refractivity contribution in [3.63, 3.8) is 0 Å². The Morgan fingerprint density at radius 2 is 0.897 bits per heavy atom. The van der Waals surface area contributed by atoms with E-state index in [-0.39, 0.29) is 6.61 Å². The number of hydrogen-bond donors (Lipinski definition) is 15. The van der Waals surface area contributed by atoms with Gasteiger partial charge in [0.25, 0.3) is 0 Å². The maximum Gasteiger partial charge on any atom is 0.187 e. The Morgan fingerprint density at radius 1 is 0.448 bits per heavy atom. The first-order valence-corrected chi connectivity index (χ1v) is 18.6. The lowest BCUT2D eigenvalue weighted by Gasteiger charge is -2.50. The Morgan fingerprint density at radius 3 is 1.50 bits per heavy atom. The van der Waals surface area contributed by atoms with Crippen LogP contribution in [0.25, 0.3) is 0 Å². The minimum Gasteiger partial charge on any atom is -0.394 e. The third kappa shape index (κ3) is 9.84. The molecule has 0 radical (unpaired) electrons. The van der Waals surface area contributed by atoms with Gasteiger partial charge in [-0.25, -0.2) is 0 Å². The van der Waals surface area contributed by atoms with Crippen LogP contribution >= 0.6 is 0 Å². The molecule has 0 aromatic carbocycles. The summed E-state index contributed by atoms with van der Waals surface area (Å²) in [5, 5.41) is 148. The smallest absolute Gasteiger partial charge is 0.187 e. The van der Waals surface area contributed by atoms with Crippen LogP contribution < -0.4 is 5.73 Å². The molecule has 25 nitrogen and oxygen atoms in total. The van der Waals surface area contributed by atoms with Gasteiger partial charge in [-0.1, -0.05) is 6.08 Å². The van der Waals surface area contributed by atoms with E-state index in [2.05, 4.69) is 6.58 Å². The molecule has 15 unspecified atom stereocenters. The summed E-state index contributed by atoms with van der Waals surface area (Å²) < 4.78 is 56.5. The highest BCUT2D eigenvalue weighted by atomic mass is 16.8. The maximum absolute atomic E-state index is 11.4. The number of aliphatic hydroxyl groups excluding tert-OH is 14. The van der Waals surface area contributed by atoms with Crippen molar-refractivity contribution in [3.8, 4) is 0 Å². The third-order valence-corrected chi connectivity index (χ3v) is 10.7. The van der Waals surface area contributed by atoms with Gasteiger partial charge in [0.1, 0.15) is 110 Å². The van der Waals surface area contributed by atoms with Crippen molar-refractivity contribution < 1.29 is 119 Å². The van der Waals surface area contributed by atoms with Gasteiger partial charge in [0.05, 0.1) is 45.2 Å². The van der Waals surface area contributed by atoms with Gasteiger partial charge in [0.15, 0.2) is 31.5 Å². The quantitative estimate of drug-likeness (QED) is 0.0680. The number of aliphatic hydroxyl groups is 14. The summed E-state index contributed by atoms with van der Waals surface area (Å²) in [4.78, 5) is 0. The fourth-order valence-corrected chi connectivity index (χ4v) is 7.29. The third-order valence-electron chi connectivity index (χ3n) is 10.7. The predicted molar refractivity (Wildman–Crippen MR) is 181 cm³/mol. The van der Waals surface area contributed by atoms with Crippen LogP contribution in [0.15, 0.2) is 12.7 Å². The van der Waals surface area contributed by atoms with Gasteiger partial charge >= 0.3 is 0 Å². The zero-order valence-corrected chi connectivity index (χ0v) is 31.2. The van der Waals surface area contributed by atoms with E-state index in [4.69, 9.17) is 53.1 Å². The van der Waals surface area contributed by atoms with Gasteiger partial charge < -0.3 is 125 Å². The molecule has 5 saturated heterocycles. The van der Waals surface area contributed by atoms with Gasteiger partial charge in [-0.3, -0.25) is 0 Å². The topological polar surface area (TPSA) is 402 Å². The molecule has 0 aliphatic carbocycles. The summed E-state index contributed by atoms with van der Waals surface area (Å²) in [6.07, 6.45) is -39.7. The number of hydrogen-bond acceptors (Lipinski definition) is 25. The van der Waals surface area contributed by atoms with Crippen molar-refractivity contribution in [2.45, 2.75) is 160 Å². The Balaban J connectivity index is 1.36. The van der Waals surface area contributed by atoms with E-state index in [9.17, 15) is 71.5 Å². The molecule has 58 heavy (non-hydrogen) atoms. The molecule has 0 spiro atoms. The van der Waals surface area contributed by atoms with E-state index in [1.165, 1.54) is 13.0 Å². The van der Waals surface area contributed by atoms with Crippen LogP contribution in [0.2, 0.25) is 0 Å². The SMILES string of the molecule is C=CCO[C@@H]1OC(CO)[C@H](O[C@@H]2OC(CO)[C@H](O)C(O[C@@H]3OC(CO)[C@H](O)C(O[C@@H]4OC(CO)[C@H](O)C(O)C4O[C@@H]4OC(C)[C@H](O)C(O)C4O)C3N)C2O)C(O)C1O. The van der Waals surface area contributed by atoms with Crippen LogP contribution in [0, 0.1) is 0 Å². The molecule has 0 amide bonds. The summed E-state index contributed by atoms with van der Waals surface area (Å²) in [5.41, 5.74) is 6.46. The number of ether oxygens (including phenoxy) is 10. The first-order valence-electron chi connectivity index (χ1n) is 18.6. The fourth-order valence-electron chi connectivity index (χ4n) is 7.29. The van der Waals surface area contributed by atoms with Crippen LogP contribution in [0.1, 0.15) is 6.92 Å². The Kier molecular flexibility index (Phi) is 17.1. The standard InChI is InChI=1S/C33H57NO24/c1-3-4-49-30-23(47)21(45)25(13(8-38)54-30)55-32-24(48)27(18(42)12(7-37)52-32)57-29-14(34)26(17(41)11(6-36)51-29)56-33-28(20(44)16(40)10(5-35)53-33)58-31-22(46)19(43)15(39)9(2)50-31/h3,9-33,35-48H,1,4-8,34H2,2H3/t9?,10?,11?,12?,13?,14?,15-,16-,17-,18-,19?,20?,21?,22?,23?,24?,25-,26?,27?,28?,29-,30+,31-,32-,33-/m0/s1. The fraction of sp³-hybridized carbons (Fsp3) is 0.939. The lowest BCUT2D eigenvalue weighted by atomic mass is 9.94. The van der Waals surface area contributed by atoms with E-state index in [0.29, 0.717) is 0 Å². The molecule has 0 aromatic heterocycles. The molecular formula is C33H57NO24. The zero-order chi connectivity index (χ0) is 42.7. The summed E-state index contributed by atoms with van der Waals surface area (Å²) in [7, 11) is 0. The van der Waals surface area contributed by atoms with Crippen molar-refractivity contribution in [3.05, 3.63) is 12.7 Å². The van der Waals surface area contributed by atoms with Crippen LogP contribution in [0.5, 0.6) is 0 Å². The molecule has 338 valence electrons. The Bertz CT molecular complexity index is 1280. The van der Waals surface area contributed by atoms with Gasteiger partial charge in [0, 0.05) is 0 Å². The van der Waals surface area contributed by atoms with E-state index < -0.39 is 180 Å². The predicted octanol–water partition coefficient (Wildman–Crippen LogP) is -9.72. The molecule has 5 rings (SSSR count). The highest BCUT2D eigenvalue weighted by Crippen LogP contribution is 2.35. The molecule has 5 aliphatic heterocycles. The monoisotopic (exact) mass is 851 g/mol. The van der Waals surface area contributed by atoms with Crippen LogP contribution in [-0.2, 0) is 47.4 Å². The highest BCUT2D eigenvalue weighted by Gasteiger charge is 2.56. The summed E-state index contributed by atoms with van der Waals surface area (Å²) in [5.74, 6) is 0. The van der Waals surface area contributed by atoms with Gasteiger partial charge in [-0.15, -0.1) is 6.58 Å². The second-order valence-electron chi connectivity index (χ2n) is 14.6. The molecule has 0 bridgehead atoms. The van der Waals surface area contributed by atoms with Crippen molar-refractivity contribution in [2.24, 2.45) is 5.73 Å². The normalized spacial score (nSPS) is 51.7. The largest absolute Gasteiger partial charge is 0.394 e. The molecular weight excluding hydrogens is 794 g/mol. The van der Waals surface area contributed by atoms with E-state index >= 15 is 0 Å². The number of rotatable bonds is 15. The second kappa shape index (κ2) is 20.7. The molecule has 25 heteroatoms. The molecule has 5 fully saturated rings. The van der Waals surface area contributed by atoms with Gasteiger partial charge in [0.2, 0.25) is 0 Å². The Hall–Kier alpha value is -1.26. The van der Waals surface area contributed by atoms with E-state index in [1.54, 1.807) is 0 Å². The molecule has 25 atom stereocenters. The van der Waals surface area contributed by atoms with E-state index in [0.717, 1.165) is 0 Å². The first kappa shape index (κ1) is 47.8. The molecule has 0 aromatic rings. The minimum atomic E-state index is -2.02. The van der Waals surface area contributed by atoms with Crippen LogP contribution in [-0.4, -0.2) is 258 Å². The second-order valence-corrected chi connectivity index (χ2v) is 14.6. The van der Waals surface area contributed by atoms with E-state index in [1.807, 2.05) is 0 Å². The van der Waals surface area contributed by atoms with Gasteiger partial charge in [-0.05, 0) is 6.92 Å². The highest BCUT2D eigenvalue weighted by molar-refractivity contribution is 5.00. The molecule has 5 heterocycles. The number of nitrogens with two attached hydrogens (primary N) is 1. The summed E-state index contributed by atoms with van der Waals surface area (Å²) in [6.45, 7) is 1.29. The van der Waals surface area contributed by atoms with Crippen LogP contribution in [0.4, 0.5) is 0 Å². The molecule has 5 aliphatic rings. The van der Waals surface area contributed by atoms with Gasteiger partial charge in [-0.2, -0.15) is 0 Å².